The van der Waals surface area contributed by atoms with Crippen molar-refractivity contribution < 1.29 is 0 Å². The van der Waals surface area contributed by atoms with Crippen LogP contribution in [0.25, 0.3) is 0 Å². The van der Waals surface area contributed by atoms with Gasteiger partial charge in [0.2, 0.25) is 0 Å². The number of piperazine rings is 1. The highest BCUT2D eigenvalue weighted by Gasteiger charge is 2.35. The van der Waals surface area contributed by atoms with Crippen molar-refractivity contribution in [3.63, 3.8) is 0 Å². The lowest BCUT2D eigenvalue weighted by Crippen LogP contribution is -2.57. The second-order valence-corrected chi connectivity index (χ2v) is 7.58. The van der Waals surface area contributed by atoms with Gasteiger partial charge in [0, 0.05) is 31.7 Å². The van der Waals surface area contributed by atoms with Gasteiger partial charge in [-0.25, -0.2) is 0 Å². The van der Waals surface area contributed by atoms with Gasteiger partial charge in [-0.1, -0.05) is 20.3 Å². The van der Waals surface area contributed by atoms with Gasteiger partial charge in [-0.15, -0.1) is 0 Å². The van der Waals surface area contributed by atoms with E-state index in [1.165, 1.54) is 71.1 Å². The lowest BCUT2D eigenvalue weighted by molar-refractivity contribution is 0.00848. The Morgan fingerprint density at radius 3 is 2.28 bits per heavy atom. The monoisotopic (exact) mass is 250 g/mol. The molecule has 0 radical (unpaired) electrons. The third kappa shape index (κ3) is 2.75. The third-order valence-corrected chi connectivity index (χ3v) is 5.69. The van der Waals surface area contributed by atoms with Crippen LogP contribution in [0.15, 0.2) is 0 Å². The molecule has 2 aliphatic heterocycles. The maximum atomic E-state index is 2.84. The lowest BCUT2D eigenvalue weighted by Gasteiger charge is -2.48. The molecular weight excluding hydrogens is 220 g/mol. The molecule has 1 aliphatic carbocycles. The van der Waals surface area contributed by atoms with Gasteiger partial charge in [-0.2, -0.15) is 0 Å². The van der Waals surface area contributed by atoms with Gasteiger partial charge in [0.1, 0.15) is 0 Å². The average molecular weight is 250 g/mol. The minimum atomic E-state index is 0.614. The fourth-order valence-corrected chi connectivity index (χ4v) is 4.26. The summed E-state index contributed by atoms with van der Waals surface area (Å²) >= 11 is 0. The zero-order valence-corrected chi connectivity index (χ0v) is 12.3. The van der Waals surface area contributed by atoms with Crippen LogP contribution in [0.4, 0.5) is 0 Å². The molecule has 18 heavy (non-hydrogen) atoms. The molecule has 2 nitrogen and oxygen atoms in total. The van der Waals surface area contributed by atoms with Crippen LogP contribution in [0.3, 0.4) is 0 Å². The van der Waals surface area contributed by atoms with Gasteiger partial charge in [-0.05, 0) is 50.5 Å². The molecule has 0 bridgehead atoms. The van der Waals surface area contributed by atoms with Gasteiger partial charge in [-0.3, -0.25) is 9.80 Å². The number of piperidine rings is 1. The molecule has 0 aromatic carbocycles. The van der Waals surface area contributed by atoms with Crippen molar-refractivity contribution in [2.24, 2.45) is 5.41 Å². The summed E-state index contributed by atoms with van der Waals surface area (Å²) < 4.78 is 0. The van der Waals surface area contributed by atoms with Crippen LogP contribution in [0.2, 0.25) is 0 Å². The smallest absolute Gasteiger partial charge is 0.0223 e. The third-order valence-electron chi connectivity index (χ3n) is 5.69. The van der Waals surface area contributed by atoms with E-state index in [9.17, 15) is 0 Å². The Balaban J connectivity index is 1.55. The SMILES string of the molecule is CC1(C)CCC(N2CCN3CCCCC3C2)CC1. The topological polar surface area (TPSA) is 6.48 Å². The molecule has 0 aromatic rings. The fourth-order valence-electron chi connectivity index (χ4n) is 4.26. The van der Waals surface area contributed by atoms with Gasteiger partial charge >= 0.3 is 0 Å². The standard InChI is InChI=1S/C16H30N2/c1-16(2)8-6-14(7-9-16)18-12-11-17-10-4-3-5-15(17)13-18/h14-15H,3-13H2,1-2H3. The summed E-state index contributed by atoms with van der Waals surface area (Å²) in [6, 6.07) is 1.80. The largest absolute Gasteiger partial charge is 0.298 e. The van der Waals surface area contributed by atoms with Crippen molar-refractivity contribution >= 4 is 0 Å². The fraction of sp³-hybridized carbons (Fsp3) is 1.00. The van der Waals surface area contributed by atoms with E-state index in [4.69, 9.17) is 0 Å². The summed E-state index contributed by atoms with van der Waals surface area (Å²) in [6.45, 7) is 10.3. The second-order valence-electron chi connectivity index (χ2n) is 7.58. The van der Waals surface area contributed by atoms with E-state index in [2.05, 4.69) is 23.6 Å². The Kier molecular flexibility index (Phi) is 3.68. The Hall–Kier alpha value is -0.0800. The first kappa shape index (κ1) is 12.9. The molecule has 0 aromatic heterocycles. The Labute approximate surface area is 113 Å². The molecule has 104 valence electrons. The minimum absolute atomic E-state index is 0.614. The molecule has 3 fully saturated rings. The van der Waals surface area contributed by atoms with Crippen molar-refractivity contribution in [3.8, 4) is 0 Å². The van der Waals surface area contributed by atoms with E-state index >= 15 is 0 Å². The maximum Gasteiger partial charge on any atom is 0.0223 e. The summed E-state index contributed by atoms with van der Waals surface area (Å²) in [6.07, 6.45) is 10.1. The zero-order chi connectivity index (χ0) is 12.6. The van der Waals surface area contributed by atoms with Crippen molar-refractivity contribution in [1.82, 2.24) is 9.80 Å². The quantitative estimate of drug-likeness (QED) is 0.705. The highest BCUT2D eigenvalue weighted by molar-refractivity contribution is 4.90. The van der Waals surface area contributed by atoms with Gasteiger partial charge in [0.05, 0.1) is 0 Å². The van der Waals surface area contributed by atoms with Crippen molar-refractivity contribution in [3.05, 3.63) is 0 Å². The van der Waals surface area contributed by atoms with E-state index in [0.717, 1.165) is 12.1 Å². The molecule has 2 heterocycles. The molecule has 3 rings (SSSR count). The number of rotatable bonds is 1. The van der Waals surface area contributed by atoms with E-state index in [-0.39, 0.29) is 0 Å². The first-order chi connectivity index (χ1) is 8.64. The minimum Gasteiger partial charge on any atom is -0.298 e. The van der Waals surface area contributed by atoms with Crippen LogP contribution in [0.5, 0.6) is 0 Å². The van der Waals surface area contributed by atoms with Crippen LogP contribution in [-0.4, -0.2) is 48.1 Å². The van der Waals surface area contributed by atoms with Crippen LogP contribution < -0.4 is 0 Å². The Morgan fingerprint density at radius 2 is 1.50 bits per heavy atom. The number of nitrogens with zero attached hydrogens (tertiary/aromatic N) is 2. The van der Waals surface area contributed by atoms with Crippen molar-refractivity contribution in [2.75, 3.05) is 26.2 Å². The predicted molar refractivity (Wildman–Crippen MR) is 76.8 cm³/mol. The molecule has 1 atom stereocenters. The van der Waals surface area contributed by atoms with E-state index in [1.54, 1.807) is 0 Å². The molecule has 2 heteroatoms. The van der Waals surface area contributed by atoms with Crippen molar-refractivity contribution in [1.29, 1.82) is 0 Å². The molecule has 1 unspecified atom stereocenters. The normalized spacial score (nSPS) is 35.3. The Bertz CT molecular complexity index is 277. The maximum absolute atomic E-state index is 2.84. The molecule has 3 aliphatic rings. The first-order valence-corrected chi connectivity index (χ1v) is 8.12. The number of fused-ring (bicyclic) bond motifs is 1. The van der Waals surface area contributed by atoms with E-state index in [1.807, 2.05) is 0 Å². The summed E-state index contributed by atoms with van der Waals surface area (Å²) in [5, 5.41) is 0. The summed E-state index contributed by atoms with van der Waals surface area (Å²) in [7, 11) is 0. The first-order valence-electron chi connectivity index (χ1n) is 8.12. The Morgan fingerprint density at radius 1 is 0.778 bits per heavy atom. The molecular formula is C16H30N2. The molecule has 1 saturated carbocycles. The lowest BCUT2D eigenvalue weighted by atomic mass is 9.75. The van der Waals surface area contributed by atoms with Gasteiger partial charge in [0.25, 0.3) is 0 Å². The highest BCUT2D eigenvalue weighted by atomic mass is 15.3. The van der Waals surface area contributed by atoms with Crippen LogP contribution in [0.1, 0.15) is 58.8 Å². The van der Waals surface area contributed by atoms with Gasteiger partial charge in [0.15, 0.2) is 0 Å². The summed E-state index contributed by atoms with van der Waals surface area (Å²) in [5.41, 5.74) is 0.614. The van der Waals surface area contributed by atoms with E-state index in [0.29, 0.717) is 5.41 Å². The summed E-state index contributed by atoms with van der Waals surface area (Å²) in [5.74, 6) is 0. The molecule has 2 saturated heterocycles. The highest BCUT2D eigenvalue weighted by Crippen LogP contribution is 2.37. The number of hydrogen-bond acceptors (Lipinski definition) is 2. The summed E-state index contributed by atoms with van der Waals surface area (Å²) in [4.78, 5) is 5.59. The molecule has 0 N–H and O–H groups in total. The second kappa shape index (κ2) is 5.13. The molecule has 0 spiro atoms. The van der Waals surface area contributed by atoms with Crippen LogP contribution >= 0.6 is 0 Å². The predicted octanol–water partition coefficient (Wildman–Crippen LogP) is 3.13. The van der Waals surface area contributed by atoms with E-state index < -0.39 is 0 Å². The van der Waals surface area contributed by atoms with Gasteiger partial charge < -0.3 is 0 Å². The molecule has 0 amide bonds. The van der Waals surface area contributed by atoms with Crippen LogP contribution in [0, 0.1) is 5.41 Å². The van der Waals surface area contributed by atoms with Crippen molar-refractivity contribution in [2.45, 2.75) is 70.9 Å². The van der Waals surface area contributed by atoms with Crippen LogP contribution in [-0.2, 0) is 0 Å². The zero-order valence-electron chi connectivity index (χ0n) is 12.3. The number of hydrogen-bond donors (Lipinski definition) is 0. The average Bonchev–Trinajstić information content (AvgIpc) is 2.38.